The third-order valence-corrected chi connectivity index (χ3v) is 4.30. The fourth-order valence-electron chi connectivity index (χ4n) is 3.01. The molecule has 0 radical (unpaired) electrons. The van der Waals surface area contributed by atoms with Crippen LogP contribution in [0.1, 0.15) is 36.8 Å². The van der Waals surface area contributed by atoms with E-state index in [2.05, 4.69) is 22.5 Å². The molecule has 1 amide bonds. The molecule has 1 aromatic heterocycles. The molecule has 0 atom stereocenters. The lowest BCUT2D eigenvalue weighted by Crippen LogP contribution is -2.51. The summed E-state index contributed by atoms with van der Waals surface area (Å²) in [4.78, 5) is 12.2. The van der Waals surface area contributed by atoms with Crippen LogP contribution in [0.4, 0.5) is 0 Å². The molecule has 5 heteroatoms. The molecule has 1 heterocycles. The van der Waals surface area contributed by atoms with E-state index in [4.69, 9.17) is 5.73 Å². The van der Waals surface area contributed by atoms with Crippen LogP contribution >= 0.6 is 0 Å². The Hall–Kier alpha value is -2.14. The number of rotatable bonds is 5. The number of aromatic nitrogens is 2. The summed E-state index contributed by atoms with van der Waals surface area (Å²) in [5, 5.41) is 7.19. The van der Waals surface area contributed by atoms with E-state index in [1.807, 2.05) is 29.1 Å². The molecule has 1 fully saturated rings. The first-order valence-electron chi connectivity index (χ1n) is 7.78. The second kappa shape index (κ2) is 6.32. The van der Waals surface area contributed by atoms with E-state index >= 15 is 0 Å². The molecule has 3 rings (SSSR count). The van der Waals surface area contributed by atoms with Gasteiger partial charge in [0.25, 0.3) is 0 Å². The molecule has 1 aliphatic carbocycles. The molecule has 1 saturated carbocycles. The Morgan fingerprint density at radius 1 is 1.27 bits per heavy atom. The van der Waals surface area contributed by atoms with Gasteiger partial charge in [0.15, 0.2) is 0 Å². The second-order valence-corrected chi connectivity index (χ2v) is 6.07. The molecule has 0 unspecified atom stereocenters. The topological polar surface area (TPSA) is 72.9 Å². The summed E-state index contributed by atoms with van der Waals surface area (Å²) in [5.74, 6) is -0.0255. The van der Waals surface area contributed by atoms with Gasteiger partial charge in [-0.05, 0) is 30.0 Å². The largest absolute Gasteiger partial charge is 0.350 e. The fraction of sp³-hybridized carbons (Fsp3) is 0.412. The predicted octanol–water partition coefficient (Wildman–Crippen LogP) is 1.82. The first-order chi connectivity index (χ1) is 10.7. The Bertz CT molecular complexity index is 630. The fourth-order valence-corrected chi connectivity index (χ4v) is 3.01. The highest BCUT2D eigenvalue weighted by Gasteiger charge is 2.36. The van der Waals surface area contributed by atoms with Gasteiger partial charge in [-0.3, -0.25) is 9.48 Å². The molecule has 5 nitrogen and oxygen atoms in total. The summed E-state index contributed by atoms with van der Waals surface area (Å²) in [6.07, 6.45) is 7.38. The van der Waals surface area contributed by atoms with Gasteiger partial charge in [0, 0.05) is 18.9 Å². The van der Waals surface area contributed by atoms with Crippen molar-refractivity contribution < 1.29 is 4.79 Å². The van der Waals surface area contributed by atoms with Crippen molar-refractivity contribution in [1.82, 2.24) is 15.1 Å². The summed E-state index contributed by atoms with van der Waals surface area (Å²) < 4.78 is 1.88. The van der Waals surface area contributed by atoms with Crippen LogP contribution < -0.4 is 11.1 Å². The smallest absolute Gasteiger partial charge is 0.240 e. The first-order valence-corrected chi connectivity index (χ1v) is 7.78. The monoisotopic (exact) mass is 298 g/mol. The first kappa shape index (κ1) is 14.8. The van der Waals surface area contributed by atoms with Crippen LogP contribution in [0.25, 0.3) is 0 Å². The molecule has 0 spiro atoms. The number of carbonyl (C=O) groups is 1. The van der Waals surface area contributed by atoms with Crippen molar-refractivity contribution in [2.75, 3.05) is 0 Å². The number of amides is 1. The van der Waals surface area contributed by atoms with Crippen molar-refractivity contribution >= 4 is 5.91 Å². The van der Waals surface area contributed by atoms with Gasteiger partial charge in [0.1, 0.15) is 0 Å². The lowest BCUT2D eigenvalue weighted by atomic mass is 9.98. The molecule has 0 bridgehead atoms. The third-order valence-electron chi connectivity index (χ3n) is 4.30. The molecule has 22 heavy (non-hydrogen) atoms. The SMILES string of the molecule is NC1(C(=O)NCc2cccc(Cn3cccn3)c2)CCCC1. The van der Waals surface area contributed by atoms with Crippen LogP contribution in [-0.2, 0) is 17.9 Å². The van der Waals surface area contributed by atoms with E-state index in [-0.39, 0.29) is 5.91 Å². The van der Waals surface area contributed by atoms with Gasteiger partial charge in [-0.2, -0.15) is 5.10 Å². The Balaban J connectivity index is 1.59. The number of nitrogens with zero attached hydrogens (tertiary/aromatic N) is 2. The van der Waals surface area contributed by atoms with E-state index in [0.29, 0.717) is 6.54 Å². The normalized spacial score (nSPS) is 16.6. The van der Waals surface area contributed by atoms with Gasteiger partial charge >= 0.3 is 0 Å². The van der Waals surface area contributed by atoms with Crippen LogP contribution in [0.15, 0.2) is 42.7 Å². The maximum absolute atomic E-state index is 12.2. The zero-order valence-electron chi connectivity index (χ0n) is 12.7. The van der Waals surface area contributed by atoms with Crippen LogP contribution in [0.2, 0.25) is 0 Å². The summed E-state index contributed by atoms with van der Waals surface area (Å²) in [6, 6.07) is 10.1. The maximum Gasteiger partial charge on any atom is 0.240 e. The average Bonchev–Trinajstić information content (AvgIpc) is 3.18. The van der Waals surface area contributed by atoms with Gasteiger partial charge in [0.05, 0.1) is 12.1 Å². The lowest BCUT2D eigenvalue weighted by Gasteiger charge is -2.22. The van der Waals surface area contributed by atoms with Gasteiger partial charge in [-0.25, -0.2) is 0 Å². The number of nitrogens with one attached hydrogen (secondary N) is 1. The second-order valence-electron chi connectivity index (χ2n) is 6.07. The van der Waals surface area contributed by atoms with Crippen molar-refractivity contribution in [2.24, 2.45) is 5.73 Å². The van der Waals surface area contributed by atoms with Crippen molar-refractivity contribution in [3.63, 3.8) is 0 Å². The predicted molar refractivity (Wildman–Crippen MR) is 85.0 cm³/mol. The number of carbonyl (C=O) groups excluding carboxylic acids is 1. The summed E-state index contributed by atoms with van der Waals surface area (Å²) in [5.41, 5.74) is 7.75. The lowest BCUT2D eigenvalue weighted by molar-refractivity contribution is -0.126. The molecular formula is C17H22N4O. The van der Waals surface area contributed by atoms with E-state index in [9.17, 15) is 4.79 Å². The van der Waals surface area contributed by atoms with Crippen molar-refractivity contribution in [1.29, 1.82) is 0 Å². The summed E-state index contributed by atoms with van der Waals surface area (Å²) >= 11 is 0. The van der Waals surface area contributed by atoms with E-state index < -0.39 is 5.54 Å². The number of benzene rings is 1. The number of hydrogen-bond donors (Lipinski definition) is 2. The molecular weight excluding hydrogens is 276 g/mol. The molecule has 0 aliphatic heterocycles. The molecule has 0 saturated heterocycles. The van der Waals surface area contributed by atoms with E-state index in [1.165, 1.54) is 5.56 Å². The number of hydrogen-bond acceptors (Lipinski definition) is 3. The summed E-state index contributed by atoms with van der Waals surface area (Å²) in [7, 11) is 0. The van der Waals surface area contributed by atoms with Crippen LogP contribution in [0, 0.1) is 0 Å². The number of nitrogens with two attached hydrogens (primary N) is 1. The van der Waals surface area contributed by atoms with E-state index in [1.54, 1.807) is 6.20 Å². The standard InChI is InChI=1S/C17H22N4O/c18-17(7-1-2-8-17)16(22)19-12-14-5-3-6-15(11-14)13-21-10-4-9-20-21/h3-6,9-11H,1-2,7-8,12-13,18H2,(H,19,22). The van der Waals surface area contributed by atoms with Gasteiger partial charge in [-0.15, -0.1) is 0 Å². The Kier molecular flexibility index (Phi) is 4.24. The van der Waals surface area contributed by atoms with Crippen LogP contribution in [0.3, 0.4) is 0 Å². The van der Waals surface area contributed by atoms with Gasteiger partial charge < -0.3 is 11.1 Å². The average molecular weight is 298 g/mol. The van der Waals surface area contributed by atoms with E-state index in [0.717, 1.165) is 37.8 Å². The molecule has 1 aromatic carbocycles. The Morgan fingerprint density at radius 2 is 2.05 bits per heavy atom. The zero-order valence-corrected chi connectivity index (χ0v) is 12.7. The highest BCUT2D eigenvalue weighted by molar-refractivity contribution is 5.86. The highest BCUT2D eigenvalue weighted by Crippen LogP contribution is 2.27. The zero-order chi connectivity index (χ0) is 15.4. The minimum absolute atomic E-state index is 0.0255. The van der Waals surface area contributed by atoms with Crippen molar-refractivity contribution in [2.45, 2.75) is 44.3 Å². The Morgan fingerprint density at radius 3 is 2.77 bits per heavy atom. The third kappa shape index (κ3) is 3.36. The highest BCUT2D eigenvalue weighted by atomic mass is 16.2. The van der Waals surface area contributed by atoms with Crippen molar-refractivity contribution in [3.8, 4) is 0 Å². The Labute approximate surface area is 130 Å². The van der Waals surface area contributed by atoms with Gasteiger partial charge in [0.2, 0.25) is 5.91 Å². The van der Waals surface area contributed by atoms with Crippen molar-refractivity contribution in [3.05, 3.63) is 53.9 Å². The van der Waals surface area contributed by atoms with Gasteiger partial charge in [-0.1, -0.05) is 37.1 Å². The maximum atomic E-state index is 12.2. The molecule has 2 aromatic rings. The summed E-state index contributed by atoms with van der Waals surface area (Å²) in [6.45, 7) is 1.25. The van der Waals surface area contributed by atoms with Crippen LogP contribution in [0.5, 0.6) is 0 Å². The molecule has 3 N–H and O–H groups in total. The quantitative estimate of drug-likeness (QED) is 0.884. The minimum atomic E-state index is -0.660. The van der Waals surface area contributed by atoms with Crippen LogP contribution in [-0.4, -0.2) is 21.2 Å². The molecule has 1 aliphatic rings. The molecule has 116 valence electrons. The minimum Gasteiger partial charge on any atom is -0.350 e.